The van der Waals surface area contributed by atoms with Gasteiger partial charge in [0.25, 0.3) is 0 Å². The van der Waals surface area contributed by atoms with Gasteiger partial charge in [-0.05, 0) is 74.5 Å². The van der Waals surface area contributed by atoms with Crippen LogP contribution in [0.4, 0.5) is 0 Å². The quantitative estimate of drug-likeness (QED) is 0.413. The van der Waals surface area contributed by atoms with E-state index in [-0.39, 0.29) is 0 Å². The molecule has 0 amide bonds. The van der Waals surface area contributed by atoms with Crippen molar-refractivity contribution in [2.75, 3.05) is 0 Å². The van der Waals surface area contributed by atoms with E-state index in [1.165, 1.54) is 6.42 Å². The van der Waals surface area contributed by atoms with Gasteiger partial charge in [-0.2, -0.15) is 0 Å². The Morgan fingerprint density at radius 1 is 0.867 bits per heavy atom. The van der Waals surface area contributed by atoms with Crippen molar-refractivity contribution in [2.45, 2.75) is 40.0 Å². The van der Waals surface area contributed by atoms with Gasteiger partial charge >= 0.3 is 0 Å². The first kappa shape index (κ1) is 8.84. The number of rotatable bonds is 0. The normalized spacial score (nSPS) is 60.6. The molecule has 0 radical (unpaired) electrons. The summed E-state index contributed by atoms with van der Waals surface area (Å²) in [5.74, 6) is 7.54. The van der Waals surface area contributed by atoms with E-state index >= 15 is 0 Å². The van der Waals surface area contributed by atoms with Crippen LogP contribution in [0.1, 0.15) is 40.0 Å². The van der Waals surface area contributed by atoms with E-state index in [4.69, 9.17) is 0 Å². The first-order valence-corrected chi connectivity index (χ1v) is 6.85. The van der Waals surface area contributed by atoms with Gasteiger partial charge in [-0.1, -0.05) is 18.1 Å². The molecule has 0 aromatic rings. The van der Waals surface area contributed by atoms with Crippen molar-refractivity contribution in [1.82, 2.24) is 0 Å². The van der Waals surface area contributed by atoms with Crippen LogP contribution in [0.15, 0.2) is 11.1 Å². The predicted molar refractivity (Wildman–Crippen MR) is 62.3 cm³/mol. The fraction of sp³-hybridized carbons (Fsp3) is 0.867. The highest BCUT2D eigenvalue weighted by Crippen LogP contribution is 2.69. The lowest BCUT2D eigenvalue weighted by Crippen LogP contribution is -2.32. The third-order valence-electron chi connectivity index (χ3n) is 6.63. The average molecular weight is 202 g/mol. The second-order valence-corrected chi connectivity index (χ2v) is 6.84. The molecular weight excluding hydrogens is 180 g/mol. The Kier molecular flexibility index (Phi) is 1.49. The summed E-state index contributed by atoms with van der Waals surface area (Å²) < 4.78 is 0. The molecule has 0 aromatic carbocycles. The first-order chi connectivity index (χ1) is 7.18. The fourth-order valence-electron chi connectivity index (χ4n) is 6.05. The zero-order chi connectivity index (χ0) is 10.3. The predicted octanol–water partition coefficient (Wildman–Crippen LogP) is 3.88. The van der Waals surface area contributed by atoms with Gasteiger partial charge in [-0.15, -0.1) is 0 Å². The van der Waals surface area contributed by atoms with Gasteiger partial charge in [0.1, 0.15) is 0 Å². The minimum Gasteiger partial charge on any atom is -0.0707 e. The molecule has 0 aromatic heterocycles. The van der Waals surface area contributed by atoms with Crippen LogP contribution in [-0.4, -0.2) is 0 Å². The molecule has 15 heavy (non-hydrogen) atoms. The van der Waals surface area contributed by atoms with E-state index in [0.29, 0.717) is 0 Å². The largest absolute Gasteiger partial charge is 0.0707 e. The average Bonchev–Trinajstić information content (AvgIpc) is 2.86. The van der Waals surface area contributed by atoms with E-state index in [9.17, 15) is 0 Å². The van der Waals surface area contributed by atoms with Crippen molar-refractivity contribution in [3.05, 3.63) is 11.1 Å². The number of hydrogen-bond acceptors (Lipinski definition) is 0. The molecule has 0 heterocycles. The van der Waals surface area contributed by atoms with Crippen LogP contribution in [0.2, 0.25) is 0 Å². The molecule has 82 valence electrons. The molecule has 4 rings (SSSR count). The van der Waals surface area contributed by atoms with Crippen LogP contribution in [0.25, 0.3) is 0 Å². The van der Waals surface area contributed by atoms with Gasteiger partial charge in [0.15, 0.2) is 0 Å². The van der Waals surface area contributed by atoms with Gasteiger partial charge < -0.3 is 0 Å². The molecule has 3 saturated carbocycles. The summed E-state index contributed by atoms with van der Waals surface area (Å²) in [5, 5.41) is 0. The maximum absolute atomic E-state index is 2.51. The summed E-state index contributed by atoms with van der Waals surface area (Å²) in [4.78, 5) is 0. The molecule has 0 nitrogen and oxygen atoms in total. The molecule has 7 atom stereocenters. The molecule has 0 spiro atoms. The first-order valence-electron chi connectivity index (χ1n) is 6.85. The minimum atomic E-state index is 1.01. The summed E-state index contributed by atoms with van der Waals surface area (Å²) in [6, 6.07) is 0. The maximum Gasteiger partial charge on any atom is -0.0163 e. The van der Waals surface area contributed by atoms with Crippen LogP contribution in [0, 0.1) is 41.4 Å². The molecule has 4 aliphatic carbocycles. The monoisotopic (exact) mass is 202 g/mol. The van der Waals surface area contributed by atoms with Gasteiger partial charge in [0.2, 0.25) is 0 Å². The highest BCUT2D eigenvalue weighted by molar-refractivity contribution is 5.32. The van der Waals surface area contributed by atoms with Gasteiger partial charge in [-0.3, -0.25) is 0 Å². The Hall–Kier alpha value is -0.260. The summed E-state index contributed by atoms with van der Waals surface area (Å²) in [6.45, 7) is 7.36. The summed E-state index contributed by atoms with van der Waals surface area (Å²) >= 11 is 0. The Morgan fingerprint density at radius 2 is 1.53 bits per heavy atom. The van der Waals surface area contributed by atoms with E-state index < -0.39 is 0 Å². The molecule has 0 saturated heterocycles. The van der Waals surface area contributed by atoms with Crippen LogP contribution in [0.5, 0.6) is 0 Å². The van der Waals surface area contributed by atoms with E-state index in [2.05, 4.69) is 20.8 Å². The number of hydrogen-bond donors (Lipinski definition) is 0. The van der Waals surface area contributed by atoms with Crippen molar-refractivity contribution in [2.24, 2.45) is 41.4 Å². The fourth-order valence-corrected chi connectivity index (χ4v) is 6.05. The van der Waals surface area contributed by atoms with Crippen molar-refractivity contribution >= 4 is 0 Å². The second-order valence-electron chi connectivity index (χ2n) is 6.84. The van der Waals surface area contributed by atoms with Crippen molar-refractivity contribution in [3.63, 3.8) is 0 Å². The maximum atomic E-state index is 2.51. The Labute approximate surface area is 93.1 Å². The minimum absolute atomic E-state index is 1.01. The SMILES string of the molecule is CC1=C(C)C2CC1C1C3CC(C)C(C3)C21. The zero-order valence-electron chi connectivity index (χ0n) is 10.2. The van der Waals surface area contributed by atoms with E-state index in [0.717, 1.165) is 41.4 Å². The Balaban J connectivity index is 1.79. The molecule has 3 fully saturated rings. The molecule has 0 heteroatoms. The van der Waals surface area contributed by atoms with Crippen LogP contribution in [-0.2, 0) is 0 Å². The summed E-state index contributed by atoms with van der Waals surface area (Å²) in [5.41, 5.74) is 3.59. The number of fused-ring (bicyclic) bond motifs is 9. The second kappa shape index (κ2) is 2.52. The third kappa shape index (κ3) is 0.831. The van der Waals surface area contributed by atoms with Crippen molar-refractivity contribution < 1.29 is 0 Å². The molecular formula is C15H22. The Morgan fingerprint density at radius 3 is 2.27 bits per heavy atom. The lowest BCUT2D eigenvalue weighted by molar-refractivity contribution is 0.151. The van der Waals surface area contributed by atoms with Gasteiger partial charge in [0, 0.05) is 0 Å². The molecule has 4 aliphatic rings. The third-order valence-corrected chi connectivity index (χ3v) is 6.63. The lowest BCUT2D eigenvalue weighted by atomic mass is 9.67. The van der Waals surface area contributed by atoms with Gasteiger partial charge in [-0.25, -0.2) is 0 Å². The molecule has 0 aliphatic heterocycles. The van der Waals surface area contributed by atoms with Crippen LogP contribution < -0.4 is 0 Å². The molecule has 4 bridgehead atoms. The number of allylic oxidation sites excluding steroid dienone is 2. The van der Waals surface area contributed by atoms with Crippen molar-refractivity contribution in [1.29, 1.82) is 0 Å². The van der Waals surface area contributed by atoms with Crippen LogP contribution >= 0.6 is 0 Å². The molecule has 7 unspecified atom stereocenters. The smallest absolute Gasteiger partial charge is 0.0163 e. The van der Waals surface area contributed by atoms with E-state index in [1.807, 2.05) is 0 Å². The molecule has 0 N–H and O–H groups in total. The van der Waals surface area contributed by atoms with Crippen LogP contribution in [0.3, 0.4) is 0 Å². The van der Waals surface area contributed by atoms with E-state index in [1.54, 1.807) is 24.0 Å². The topological polar surface area (TPSA) is 0 Å². The Bertz CT molecular complexity index is 351. The standard InChI is InChI=1S/C15H22/c1-7-4-10-5-11(7)15-13-6-12(14(10)15)8(2)9(13)3/h7,10-15H,4-6H2,1-3H3. The highest BCUT2D eigenvalue weighted by Gasteiger charge is 2.62. The highest BCUT2D eigenvalue weighted by atomic mass is 14.7. The van der Waals surface area contributed by atoms with Gasteiger partial charge in [0.05, 0.1) is 0 Å². The summed E-state index contributed by atoms with van der Waals surface area (Å²) in [7, 11) is 0. The summed E-state index contributed by atoms with van der Waals surface area (Å²) in [6.07, 6.45) is 4.68. The zero-order valence-corrected chi connectivity index (χ0v) is 10.2. The van der Waals surface area contributed by atoms with Crippen molar-refractivity contribution in [3.8, 4) is 0 Å². The lowest BCUT2D eigenvalue weighted by Gasteiger charge is -2.38.